The van der Waals surface area contributed by atoms with Crippen LogP contribution in [0.4, 0.5) is 5.69 Å². The molecule has 5 nitrogen and oxygen atoms in total. The Morgan fingerprint density at radius 2 is 2.06 bits per heavy atom. The van der Waals surface area contributed by atoms with Gasteiger partial charge in [0.2, 0.25) is 0 Å². The van der Waals surface area contributed by atoms with E-state index in [-0.39, 0.29) is 17.6 Å². The maximum absolute atomic E-state index is 10.8. The second-order valence-electron chi connectivity index (χ2n) is 4.34. The van der Waals surface area contributed by atoms with E-state index in [0.717, 1.165) is 5.56 Å². The Balaban J connectivity index is 2.98. The molecule has 94 valence electrons. The first-order valence-electron chi connectivity index (χ1n) is 5.52. The Kier molecular flexibility index (Phi) is 4.45. The first-order chi connectivity index (χ1) is 7.93. The van der Waals surface area contributed by atoms with E-state index in [1.54, 1.807) is 6.07 Å². The fourth-order valence-electron chi connectivity index (χ4n) is 1.54. The van der Waals surface area contributed by atoms with E-state index in [0.29, 0.717) is 12.2 Å². The van der Waals surface area contributed by atoms with Gasteiger partial charge in [-0.3, -0.25) is 10.1 Å². The van der Waals surface area contributed by atoms with Crippen LogP contribution in [0.15, 0.2) is 18.2 Å². The average Bonchev–Trinajstić information content (AvgIpc) is 2.28. The summed E-state index contributed by atoms with van der Waals surface area (Å²) in [5.41, 5.74) is 6.71. The second kappa shape index (κ2) is 5.63. The van der Waals surface area contributed by atoms with Gasteiger partial charge >= 0.3 is 0 Å². The maximum atomic E-state index is 10.8. The van der Waals surface area contributed by atoms with Gasteiger partial charge in [-0.15, -0.1) is 0 Å². The molecular formula is C12H18N2O3. The Morgan fingerprint density at radius 3 is 2.53 bits per heavy atom. The Labute approximate surface area is 101 Å². The van der Waals surface area contributed by atoms with Crippen LogP contribution in [0, 0.1) is 16.0 Å². The van der Waals surface area contributed by atoms with Crippen molar-refractivity contribution in [3.8, 4) is 5.75 Å². The second-order valence-corrected chi connectivity index (χ2v) is 4.34. The number of nitrogens with two attached hydrogens (primary N) is 1. The summed E-state index contributed by atoms with van der Waals surface area (Å²) < 4.78 is 5.05. The fraction of sp³-hybridized carbons (Fsp3) is 0.500. The highest BCUT2D eigenvalue weighted by Gasteiger charge is 2.14. The number of rotatable bonds is 5. The smallest absolute Gasteiger partial charge is 0.273 e. The number of hydrogen-bond acceptors (Lipinski definition) is 4. The summed E-state index contributed by atoms with van der Waals surface area (Å²) in [6, 6.07) is 4.85. The highest BCUT2D eigenvalue weighted by atomic mass is 16.6. The lowest BCUT2D eigenvalue weighted by molar-refractivity contribution is -0.385. The minimum absolute atomic E-state index is 0.0521. The minimum atomic E-state index is -0.414. The summed E-state index contributed by atoms with van der Waals surface area (Å²) in [5.74, 6) is 0.771. The molecule has 5 heteroatoms. The van der Waals surface area contributed by atoms with Gasteiger partial charge in [0.15, 0.2) is 0 Å². The average molecular weight is 238 g/mol. The Bertz CT molecular complexity index is 405. The summed E-state index contributed by atoms with van der Waals surface area (Å²) >= 11 is 0. The van der Waals surface area contributed by atoms with E-state index in [9.17, 15) is 10.1 Å². The molecule has 0 radical (unpaired) electrons. The summed E-state index contributed by atoms with van der Waals surface area (Å²) in [5, 5.41) is 10.8. The predicted octanol–water partition coefficient (Wildman–Crippen LogP) is 2.13. The first-order valence-corrected chi connectivity index (χ1v) is 5.52. The van der Waals surface area contributed by atoms with Crippen LogP contribution in [-0.4, -0.2) is 18.1 Å². The number of non-ortho nitro benzene ring substituents is 1. The van der Waals surface area contributed by atoms with Crippen molar-refractivity contribution >= 4 is 5.69 Å². The topological polar surface area (TPSA) is 78.4 Å². The minimum Gasteiger partial charge on any atom is -0.496 e. The van der Waals surface area contributed by atoms with Gasteiger partial charge in [0, 0.05) is 12.1 Å². The third kappa shape index (κ3) is 3.71. The molecule has 2 atom stereocenters. The number of methoxy groups -OCH3 is 1. The van der Waals surface area contributed by atoms with Crippen LogP contribution < -0.4 is 10.5 Å². The largest absolute Gasteiger partial charge is 0.496 e. The standard InChI is InChI=1S/C12H18N2O3/c1-8(9(2)13)4-10-5-11(14(15)16)7-12(6-10)17-3/h5-9H,4,13H2,1-3H3. The van der Waals surface area contributed by atoms with E-state index in [1.807, 2.05) is 19.9 Å². The van der Waals surface area contributed by atoms with Gasteiger partial charge in [-0.05, 0) is 30.9 Å². The molecule has 0 saturated heterocycles. The molecule has 0 aliphatic heterocycles. The van der Waals surface area contributed by atoms with E-state index in [2.05, 4.69) is 0 Å². The van der Waals surface area contributed by atoms with Gasteiger partial charge in [-0.1, -0.05) is 6.92 Å². The van der Waals surface area contributed by atoms with Crippen LogP contribution in [0.25, 0.3) is 0 Å². The molecule has 17 heavy (non-hydrogen) atoms. The van der Waals surface area contributed by atoms with E-state index in [1.165, 1.54) is 13.2 Å². The van der Waals surface area contributed by atoms with E-state index >= 15 is 0 Å². The zero-order chi connectivity index (χ0) is 13.0. The van der Waals surface area contributed by atoms with E-state index < -0.39 is 4.92 Å². The van der Waals surface area contributed by atoms with Gasteiger partial charge in [-0.2, -0.15) is 0 Å². The van der Waals surface area contributed by atoms with Crippen LogP contribution in [0.2, 0.25) is 0 Å². The number of nitro benzene ring substituents is 1. The maximum Gasteiger partial charge on any atom is 0.273 e. The lowest BCUT2D eigenvalue weighted by atomic mass is 9.95. The Hall–Kier alpha value is -1.62. The molecule has 0 saturated carbocycles. The van der Waals surface area contributed by atoms with Crippen LogP contribution in [-0.2, 0) is 6.42 Å². The van der Waals surface area contributed by atoms with Crippen molar-refractivity contribution < 1.29 is 9.66 Å². The summed E-state index contributed by atoms with van der Waals surface area (Å²) in [6.07, 6.45) is 0.704. The molecule has 0 spiro atoms. The lowest BCUT2D eigenvalue weighted by Gasteiger charge is -2.15. The van der Waals surface area contributed by atoms with Crippen LogP contribution >= 0.6 is 0 Å². The van der Waals surface area contributed by atoms with Crippen molar-refractivity contribution in [3.63, 3.8) is 0 Å². The van der Waals surface area contributed by atoms with Crippen LogP contribution in [0.3, 0.4) is 0 Å². The molecule has 1 rings (SSSR count). The summed E-state index contributed by atoms with van der Waals surface area (Å²) in [7, 11) is 1.50. The van der Waals surface area contributed by atoms with Crippen molar-refractivity contribution in [1.82, 2.24) is 0 Å². The molecule has 0 amide bonds. The quantitative estimate of drug-likeness (QED) is 0.629. The van der Waals surface area contributed by atoms with Gasteiger partial charge in [0.1, 0.15) is 5.75 Å². The highest BCUT2D eigenvalue weighted by molar-refractivity contribution is 5.43. The van der Waals surface area contributed by atoms with Crippen molar-refractivity contribution in [2.75, 3.05) is 7.11 Å². The van der Waals surface area contributed by atoms with Gasteiger partial charge in [0.05, 0.1) is 18.1 Å². The molecule has 2 unspecified atom stereocenters. The molecule has 0 aliphatic carbocycles. The number of nitro groups is 1. The SMILES string of the molecule is COc1cc(CC(C)C(C)N)cc([N+](=O)[O-])c1. The molecule has 0 bridgehead atoms. The Morgan fingerprint density at radius 1 is 1.41 bits per heavy atom. The number of benzene rings is 1. The molecular weight excluding hydrogens is 220 g/mol. The van der Waals surface area contributed by atoms with Crippen molar-refractivity contribution in [1.29, 1.82) is 0 Å². The van der Waals surface area contributed by atoms with Crippen LogP contribution in [0.5, 0.6) is 5.75 Å². The third-order valence-electron chi connectivity index (χ3n) is 2.85. The zero-order valence-corrected chi connectivity index (χ0v) is 10.3. The zero-order valence-electron chi connectivity index (χ0n) is 10.3. The highest BCUT2D eigenvalue weighted by Crippen LogP contribution is 2.24. The van der Waals surface area contributed by atoms with Crippen molar-refractivity contribution in [2.24, 2.45) is 11.7 Å². The summed E-state index contributed by atoms with van der Waals surface area (Å²) in [4.78, 5) is 10.4. The monoisotopic (exact) mass is 238 g/mol. The molecule has 2 N–H and O–H groups in total. The van der Waals surface area contributed by atoms with E-state index in [4.69, 9.17) is 10.5 Å². The predicted molar refractivity (Wildman–Crippen MR) is 66.2 cm³/mol. The molecule has 1 aromatic rings. The lowest BCUT2D eigenvalue weighted by Crippen LogP contribution is -2.25. The summed E-state index contributed by atoms with van der Waals surface area (Å²) in [6.45, 7) is 3.95. The molecule has 0 fully saturated rings. The normalized spacial score (nSPS) is 14.1. The number of hydrogen-bond donors (Lipinski definition) is 1. The fourth-order valence-corrected chi connectivity index (χ4v) is 1.54. The van der Waals surface area contributed by atoms with Crippen LogP contribution in [0.1, 0.15) is 19.4 Å². The van der Waals surface area contributed by atoms with Gasteiger partial charge in [-0.25, -0.2) is 0 Å². The van der Waals surface area contributed by atoms with Crippen molar-refractivity contribution in [2.45, 2.75) is 26.3 Å². The molecule has 0 heterocycles. The number of nitrogens with zero attached hydrogens (tertiary/aromatic N) is 1. The molecule has 0 aliphatic rings. The molecule has 0 aromatic heterocycles. The van der Waals surface area contributed by atoms with Gasteiger partial charge in [0.25, 0.3) is 5.69 Å². The molecule has 1 aromatic carbocycles. The van der Waals surface area contributed by atoms with Gasteiger partial charge < -0.3 is 10.5 Å². The van der Waals surface area contributed by atoms with Crippen molar-refractivity contribution in [3.05, 3.63) is 33.9 Å². The first kappa shape index (κ1) is 13.4. The third-order valence-corrected chi connectivity index (χ3v) is 2.85. The number of ether oxygens (including phenoxy) is 1.